The van der Waals surface area contributed by atoms with Crippen LogP contribution in [0, 0.1) is 16.0 Å². The number of anilines is 1. The molecule has 0 saturated heterocycles. The van der Waals surface area contributed by atoms with Crippen LogP contribution in [0.3, 0.4) is 0 Å². The number of thiocarbonyl (C=S) groups is 1. The van der Waals surface area contributed by atoms with Crippen LogP contribution < -0.4 is 10.6 Å². The highest BCUT2D eigenvalue weighted by molar-refractivity contribution is 7.80. The smallest absolute Gasteiger partial charge is 0.271 e. The molecular weight excluding hydrogens is 238 g/mol. The molecule has 0 amide bonds. The summed E-state index contributed by atoms with van der Waals surface area (Å²) in [6, 6.07) is 6.24. The molecule has 0 atom stereocenters. The normalized spacial score (nSPS) is 10.1. The fraction of sp³-hybridized carbons (Fsp3) is 0.364. The Morgan fingerprint density at radius 3 is 2.82 bits per heavy atom. The summed E-state index contributed by atoms with van der Waals surface area (Å²) in [7, 11) is 0. The second-order valence-electron chi connectivity index (χ2n) is 4.04. The molecular formula is C11H15N3O2S. The van der Waals surface area contributed by atoms with Crippen molar-refractivity contribution in [2.75, 3.05) is 11.9 Å². The SMILES string of the molecule is CC(C)CNC(=S)Nc1cccc([N+](=O)[O-])c1. The number of non-ortho nitro benzene ring substituents is 1. The maximum Gasteiger partial charge on any atom is 0.271 e. The van der Waals surface area contributed by atoms with Gasteiger partial charge in [-0.05, 0) is 24.2 Å². The summed E-state index contributed by atoms with van der Waals surface area (Å²) in [5.74, 6) is 0.486. The first-order chi connectivity index (χ1) is 7.99. The van der Waals surface area contributed by atoms with Gasteiger partial charge in [-0.1, -0.05) is 19.9 Å². The summed E-state index contributed by atoms with van der Waals surface area (Å²) in [6.45, 7) is 4.91. The van der Waals surface area contributed by atoms with Crippen molar-refractivity contribution in [3.05, 3.63) is 34.4 Å². The lowest BCUT2D eigenvalue weighted by atomic mass is 10.2. The van der Waals surface area contributed by atoms with Crippen LogP contribution >= 0.6 is 12.2 Å². The minimum Gasteiger partial charge on any atom is -0.362 e. The number of rotatable bonds is 4. The second-order valence-corrected chi connectivity index (χ2v) is 4.44. The molecule has 17 heavy (non-hydrogen) atoms. The molecule has 0 fully saturated rings. The summed E-state index contributed by atoms with van der Waals surface area (Å²) < 4.78 is 0. The van der Waals surface area contributed by atoms with Gasteiger partial charge in [-0.2, -0.15) is 0 Å². The van der Waals surface area contributed by atoms with Gasteiger partial charge in [0.05, 0.1) is 4.92 Å². The van der Waals surface area contributed by atoms with Crippen molar-refractivity contribution in [3.8, 4) is 0 Å². The monoisotopic (exact) mass is 253 g/mol. The lowest BCUT2D eigenvalue weighted by Crippen LogP contribution is -2.31. The maximum absolute atomic E-state index is 10.6. The molecule has 0 aromatic heterocycles. The molecule has 0 aliphatic rings. The first kappa shape index (κ1) is 13.4. The highest BCUT2D eigenvalue weighted by atomic mass is 32.1. The highest BCUT2D eigenvalue weighted by Crippen LogP contribution is 2.16. The number of nitrogens with one attached hydrogen (secondary N) is 2. The standard InChI is InChI=1S/C11H15N3O2S/c1-8(2)7-12-11(17)13-9-4-3-5-10(6-9)14(15)16/h3-6,8H,7H2,1-2H3,(H2,12,13,17). The zero-order chi connectivity index (χ0) is 12.8. The summed E-state index contributed by atoms with van der Waals surface area (Å²) in [6.07, 6.45) is 0. The van der Waals surface area contributed by atoms with Gasteiger partial charge in [-0.25, -0.2) is 0 Å². The third-order valence-electron chi connectivity index (χ3n) is 1.99. The molecule has 1 rings (SSSR count). The Morgan fingerprint density at radius 1 is 1.53 bits per heavy atom. The van der Waals surface area contributed by atoms with Gasteiger partial charge in [0.1, 0.15) is 0 Å². The van der Waals surface area contributed by atoms with E-state index in [9.17, 15) is 10.1 Å². The molecule has 0 aliphatic heterocycles. The maximum atomic E-state index is 10.6. The van der Waals surface area contributed by atoms with E-state index in [1.54, 1.807) is 12.1 Å². The summed E-state index contributed by atoms with van der Waals surface area (Å²) in [4.78, 5) is 10.1. The average molecular weight is 253 g/mol. The molecule has 0 radical (unpaired) electrons. The van der Waals surface area contributed by atoms with Crippen molar-refractivity contribution >= 4 is 28.7 Å². The summed E-state index contributed by atoms with van der Waals surface area (Å²) in [5.41, 5.74) is 0.655. The predicted octanol–water partition coefficient (Wildman–Crippen LogP) is 2.54. The second kappa shape index (κ2) is 6.15. The van der Waals surface area contributed by atoms with Crippen molar-refractivity contribution in [1.29, 1.82) is 0 Å². The molecule has 6 heteroatoms. The summed E-state index contributed by atoms with van der Waals surface area (Å²) in [5, 5.41) is 17.0. The van der Waals surface area contributed by atoms with Gasteiger partial charge in [0.2, 0.25) is 0 Å². The van der Waals surface area contributed by atoms with Crippen LogP contribution in [-0.4, -0.2) is 16.6 Å². The quantitative estimate of drug-likeness (QED) is 0.490. The van der Waals surface area contributed by atoms with Gasteiger partial charge in [0.25, 0.3) is 5.69 Å². The molecule has 0 spiro atoms. The number of hydrogen-bond donors (Lipinski definition) is 2. The van der Waals surface area contributed by atoms with Gasteiger partial charge in [-0.3, -0.25) is 10.1 Å². The lowest BCUT2D eigenvalue weighted by molar-refractivity contribution is -0.384. The summed E-state index contributed by atoms with van der Waals surface area (Å²) >= 11 is 5.07. The van der Waals surface area contributed by atoms with E-state index in [2.05, 4.69) is 24.5 Å². The van der Waals surface area contributed by atoms with E-state index < -0.39 is 4.92 Å². The molecule has 92 valence electrons. The number of hydrogen-bond acceptors (Lipinski definition) is 3. The number of nitrogens with zero attached hydrogens (tertiary/aromatic N) is 1. The van der Waals surface area contributed by atoms with Crippen LogP contribution in [0.25, 0.3) is 0 Å². The highest BCUT2D eigenvalue weighted by Gasteiger charge is 2.06. The topological polar surface area (TPSA) is 67.2 Å². The Kier molecular flexibility index (Phi) is 4.84. The fourth-order valence-corrected chi connectivity index (χ4v) is 1.37. The van der Waals surface area contributed by atoms with E-state index in [1.165, 1.54) is 12.1 Å². The molecule has 0 saturated carbocycles. The molecule has 0 bridgehead atoms. The van der Waals surface area contributed by atoms with Gasteiger partial charge in [0.15, 0.2) is 5.11 Å². The Balaban J connectivity index is 2.59. The number of nitro benzene ring substituents is 1. The van der Waals surface area contributed by atoms with E-state index in [1.807, 2.05) is 0 Å². The number of benzene rings is 1. The predicted molar refractivity (Wildman–Crippen MR) is 72.2 cm³/mol. The van der Waals surface area contributed by atoms with Gasteiger partial charge in [-0.15, -0.1) is 0 Å². The number of nitro groups is 1. The average Bonchev–Trinajstić information content (AvgIpc) is 2.26. The molecule has 2 N–H and O–H groups in total. The van der Waals surface area contributed by atoms with Crippen LogP contribution in [0.4, 0.5) is 11.4 Å². The van der Waals surface area contributed by atoms with E-state index in [-0.39, 0.29) is 5.69 Å². The van der Waals surface area contributed by atoms with Crippen molar-refractivity contribution in [2.45, 2.75) is 13.8 Å². The minimum absolute atomic E-state index is 0.0432. The largest absolute Gasteiger partial charge is 0.362 e. The molecule has 0 aliphatic carbocycles. The van der Waals surface area contributed by atoms with Crippen LogP contribution in [0.1, 0.15) is 13.8 Å². The lowest BCUT2D eigenvalue weighted by Gasteiger charge is -2.11. The van der Waals surface area contributed by atoms with Crippen LogP contribution in [0.5, 0.6) is 0 Å². The van der Waals surface area contributed by atoms with Crippen LogP contribution in [-0.2, 0) is 0 Å². The third kappa shape index (κ3) is 4.78. The first-order valence-electron chi connectivity index (χ1n) is 5.28. The third-order valence-corrected chi connectivity index (χ3v) is 2.23. The van der Waals surface area contributed by atoms with E-state index in [4.69, 9.17) is 12.2 Å². The van der Waals surface area contributed by atoms with E-state index in [0.29, 0.717) is 16.7 Å². The van der Waals surface area contributed by atoms with Crippen molar-refractivity contribution in [1.82, 2.24) is 5.32 Å². The Morgan fingerprint density at radius 2 is 2.24 bits per heavy atom. The van der Waals surface area contributed by atoms with Crippen molar-refractivity contribution in [2.24, 2.45) is 5.92 Å². The van der Waals surface area contributed by atoms with Gasteiger partial charge in [0, 0.05) is 24.4 Å². The Hall–Kier alpha value is -1.69. The van der Waals surface area contributed by atoms with E-state index in [0.717, 1.165) is 6.54 Å². The zero-order valence-electron chi connectivity index (χ0n) is 9.77. The van der Waals surface area contributed by atoms with Crippen molar-refractivity contribution in [3.63, 3.8) is 0 Å². The molecule has 0 heterocycles. The first-order valence-corrected chi connectivity index (χ1v) is 5.69. The molecule has 0 unspecified atom stereocenters. The van der Waals surface area contributed by atoms with E-state index >= 15 is 0 Å². The zero-order valence-corrected chi connectivity index (χ0v) is 10.6. The molecule has 1 aromatic carbocycles. The fourth-order valence-electron chi connectivity index (χ4n) is 1.17. The van der Waals surface area contributed by atoms with Crippen LogP contribution in [0.2, 0.25) is 0 Å². The Labute approximate surface area is 105 Å². The molecule has 1 aromatic rings. The molecule has 5 nitrogen and oxygen atoms in total. The van der Waals surface area contributed by atoms with Crippen molar-refractivity contribution < 1.29 is 4.92 Å². The van der Waals surface area contributed by atoms with Crippen LogP contribution in [0.15, 0.2) is 24.3 Å². The minimum atomic E-state index is -0.435. The Bertz CT molecular complexity index is 421. The van der Waals surface area contributed by atoms with Gasteiger partial charge >= 0.3 is 0 Å². The van der Waals surface area contributed by atoms with Gasteiger partial charge < -0.3 is 10.6 Å².